The zero-order valence-electron chi connectivity index (χ0n) is 17.1. The van der Waals surface area contributed by atoms with Crippen LogP contribution in [-0.4, -0.2) is 24.6 Å². The van der Waals surface area contributed by atoms with Crippen molar-refractivity contribution in [3.8, 4) is 0 Å². The lowest BCUT2D eigenvalue weighted by Gasteiger charge is -2.28. The molecule has 0 N–H and O–H groups in total. The second kappa shape index (κ2) is 11.4. The number of carbonyl (C=O) groups is 3. The van der Waals surface area contributed by atoms with Crippen molar-refractivity contribution in [2.24, 2.45) is 23.7 Å². The molecule has 0 aliphatic heterocycles. The second-order valence-corrected chi connectivity index (χ2v) is 8.32. The zero-order valence-corrected chi connectivity index (χ0v) is 17.1. The third-order valence-corrected chi connectivity index (χ3v) is 6.42. The van der Waals surface area contributed by atoms with Gasteiger partial charge in [-0.15, -0.1) is 0 Å². The standard InChI is InChI=1S/C23H36O4/c1-3-4-6-9-19(24)14-15-20-17-12-13-18(16-17)23(20)21(25)10-7-5-8-11-22(26)27-2/h14-15,17-18,20,23H,3-13,16H2,1-2H3/b15-14+/t17-,18+,20-,23+/m1/s1. The average molecular weight is 377 g/mol. The highest BCUT2D eigenvalue weighted by Gasteiger charge is 2.48. The van der Waals surface area contributed by atoms with Gasteiger partial charge in [0.1, 0.15) is 5.78 Å². The third kappa shape index (κ3) is 6.58. The van der Waals surface area contributed by atoms with Crippen LogP contribution in [-0.2, 0) is 19.1 Å². The maximum Gasteiger partial charge on any atom is 0.305 e. The fraction of sp³-hybridized carbons (Fsp3) is 0.783. The normalized spacial score (nSPS) is 26.6. The Hall–Kier alpha value is -1.45. The molecule has 2 aliphatic rings. The smallest absolute Gasteiger partial charge is 0.305 e. The van der Waals surface area contributed by atoms with E-state index in [1.807, 2.05) is 0 Å². The zero-order chi connectivity index (χ0) is 19.6. The first-order valence-corrected chi connectivity index (χ1v) is 10.9. The molecule has 0 unspecified atom stereocenters. The van der Waals surface area contributed by atoms with Gasteiger partial charge >= 0.3 is 5.97 Å². The van der Waals surface area contributed by atoms with E-state index in [-0.39, 0.29) is 23.6 Å². The Morgan fingerprint density at radius 1 is 0.926 bits per heavy atom. The molecule has 0 saturated heterocycles. The second-order valence-electron chi connectivity index (χ2n) is 8.32. The van der Waals surface area contributed by atoms with Crippen LogP contribution >= 0.6 is 0 Å². The SMILES string of the molecule is CCCCCC(=O)/C=C/[C@@H]1[C@@H]2CC[C@@H](C2)[C@@H]1C(=O)CCCCCC(=O)OC. The number of carbonyl (C=O) groups excluding carboxylic acids is 3. The number of ether oxygens (including phenoxy) is 1. The summed E-state index contributed by atoms with van der Waals surface area (Å²) >= 11 is 0. The summed E-state index contributed by atoms with van der Waals surface area (Å²) in [5.41, 5.74) is 0. The number of hydrogen-bond donors (Lipinski definition) is 0. The first-order chi connectivity index (χ1) is 13.1. The molecule has 0 radical (unpaired) electrons. The highest BCUT2D eigenvalue weighted by Crippen LogP contribution is 2.53. The quantitative estimate of drug-likeness (QED) is 0.256. The summed E-state index contributed by atoms with van der Waals surface area (Å²) in [5, 5.41) is 0. The van der Waals surface area contributed by atoms with Crippen molar-refractivity contribution in [3.05, 3.63) is 12.2 Å². The molecule has 2 aliphatic carbocycles. The Morgan fingerprint density at radius 3 is 2.37 bits per heavy atom. The largest absolute Gasteiger partial charge is 0.469 e. The molecule has 2 bridgehead atoms. The van der Waals surface area contributed by atoms with Crippen molar-refractivity contribution >= 4 is 17.5 Å². The molecule has 0 amide bonds. The maximum absolute atomic E-state index is 12.8. The number of fused-ring (bicyclic) bond motifs is 2. The first-order valence-electron chi connectivity index (χ1n) is 10.9. The summed E-state index contributed by atoms with van der Waals surface area (Å²) in [6.07, 6.45) is 14.7. The highest BCUT2D eigenvalue weighted by molar-refractivity contribution is 5.90. The molecule has 27 heavy (non-hydrogen) atoms. The Kier molecular flexibility index (Phi) is 9.23. The number of Topliss-reactive ketones (excluding diaryl/α,β-unsaturated/α-hetero) is 1. The van der Waals surface area contributed by atoms with E-state index in [9.17, 15) is 14.4 Å². The van der Waals surface area contributed by atoms with Gasteiger partial charge in [0.2, 0.25) is 0 Å². The van der Waals surface area contributed by atoms with Crippen LogP contribution in [0.3, 0.4) is 0 Å². The van der Waals surface area contributed by atoms with Crippen LogP contribution in [0.4, 0.5) is 0 Å². The highest BCUT2D eigenvalue weighted by atomic mass is 16.5. The van der Waals surface area contributed by atoms with Crippen LogP contribution in [0.1, 0.15) is 84.0 Å². The number of methoxy groups -OCH3 is 1. The number of allylic oxidation sites excluding steroid dienone is 2. The minimum Gasteiger partial charge on any atom is -0.469 e. The van der Waals surface area contributed by atoms with Gasteiger partial charge in [-0.05, 0) is 62.4 Å². The lowest BCUT2D eigenvalue weighted by Crippen LogP contribution is -2.28. The summed E-state index contributed by atoms with van der Waals surface area (Å²) in [4.78, 5) is 36.0. The van der Waals surface area contributed by atoms with Gasteiger partial charge in [0.05, 0.1) is 7.11 Å². The molecule has 152 valence electrons. The predicted molar refractivity (Wildman–Crippen MR) is 106 cm³/mol. The van der Waals surface area contributed by atoms with Crippen LogP contribution in [0.2, 0.25) is 0 Å². The lowest BCUT2D eigenvalue weighted by molar-refractivity contribution is -0.140. The third-order valence-electron chi connectivity index (χ3n) is 6.42. The molecule has 0 aromatic heterocycles. The van der Waals surface area contributed by atoms with Gasteiger partial charge in [0, 0.05) is 25.2 Å². The Labute approximate surface area is 164 Å². The molecule has 2 fully saturated rings. The number of rotatable bonds is 13. The number of hydrogen-bond acceptors (Lipinski definition) is 4. The number of ketones is 2. The molecular formula is C23H36O4. The average Bonchev–Trinajstić information content (AvgIpc) is 3.27. The molecule has 0 aromatic carbocycles. The van der Waals surface area contributed by atoms with Crippen molar-refractivity contribution in [1.29, 1.82) is 0 Å². The van der Waals surface area contributed by atoms with E-state index >= 15 is 0 Å². The van der Waals surface area contributed by atoms with Gasteiger partial charge in [-0.2, -0.15) is 0 Å². The van der Waals surface area contributed by atoms with E-state index in [4.69, 9.17) is 0 Å². The van der Waals surface area contributed by atoms with E-state index in [1.165, 1.54) is 13.5 Å². The van der Waals surface area contributed by atoms with Gasteiger partial charge in [-0.1, -0.05) is 32.3 Å². The molecule has 0 heterocycles. The number of esters is 1. The summed E-state index contributed by atoms with van der Waals surface area (Å²) in [6, 6.07) is 0. The van der Waals surface area contributed by atoms with Crippen LogP contribution < -0.4 is 0 Å². The van der Waals surface area contributed by atoms with E-state index in [0.29, 0.717) is 36.9 Å². The lowest BCUT2D eigenvalue weighted by atomic mass is 9.75. The van der Waals surface area contributed by atoms with Gasteiger partial charge in [0.15, 0.2) is 5.78 Å². The molecule has 4 heteroatoms. The summed E-state index contributed by atoms with van der Waals surface area (Å²) in [7, 11) is 1.41. The van der Waals surface area contributed by atoms with Crippen LogP contribution in [0.15, 0.2) is 12.2 Å². The van der Waals surface area contributed by atoms with Crippen molar-refractivity contribution < 1.29 is 19.1 Å². The van der Waals surface area contributed by atoms with Crippen molar-refractivity contribution in [3.63, 3.8) is 0 Å². The molecule has 0 spiro atoms. The fourth-order valence-corrected chi connectivity index (χ4v) is 4.96. The summed E-state index contributed by atoms with van der Waals surface area (Å²) in [6.45, 7) is 2.14. The van der Waals surface area contributed by atoms with Crippen molar-refractivity contribution in [1.82, 2.24) is 0 Å². The Bertz CT molecular complexity index is 536. The van der Waals surface area contributed by atoms with Crippen LogP contribution in [0.25, 0.3) is 0 Å². The van der Waals surface area contributed by atoms with Crippen molar-refractivity contribution in [2.75, 3.05) is 7.11 Å². The topological polar surface area (TPSA) is 60.4 Å². The fourth-order valence-electron chi connectivity index (χ4n) is 4.96. The van der Waals surface area contributed by atoms with Gasteiger partial charge in [0.25, 0.3) is 0 Å². The number of unbranched alkanes of at least 4 members (excludes halogenated alkanes) is 4. The molecule has 2 saturated carbocycles. The molecule has 2 rings (SSSR count). The predicted octanol–water partition coefficient (Wildman–Crippen LogP) is 5.05. The van der Waals surface area contributed by atoms with Crippen LogP contribution in [0.5, 0.6) is 0 Å². The van der Waals surface area contributed by atoms with E-state index in [1.54, 1.807) is 6.08 Å². The van der Waals surface area contributed by atoms with E-state index in [2.05, 4.69) is 17.7 Å². The Morgan fingerprint density at radius 2 is 1.63 bits per heavy atom. The van der Waals surface area contributed by atoms with Gasteiger partial charge in [-0.25, -0.2) is 0 Å². The molecular weight excluding hydrogens is 340 g/mol. The summed E-state index contributed by atoms with van der Waals surface area (Å²) in [5.74, 6) is 1.88. The summed E-state index contributed by atoms with van der Waals surface area (Å²) < 4.78 is 4.64. The maximum atomic E-state index is 12.8. The minimum atomic E-state index is -0.178. The van der Waals surface area contributed by atoms with Gasteiger partial charge < -0.3 is 4.74 Å². The van der Waals surface area contributed by atoms with E-state index < -0.39 is 0 Å². The van der Waals surface area contributed by atoms with Crippen LogP contribution in [0, 0.1) is 23.7 Å². The van der Waals surface area contributed by atoms with E-state index in [0.717, 1.165) is 51.4 Å². The first kappa shape index (κ1) is 21.8. The molecule has 4 nitrogen and oxygen atoms in total. The van der Waals surface area contributed by atoms with Crippen molar-refractivity contribution in [2.45, 2.75) is 84.0 Å². The minimum absolute atomic E-state index is 0.115. The molecule has 4 atom stereocenters. The molecule has 0 aromatic rings. The Balaban J connectivity index is 1.80. The monoisotopic (exact) mass is 376 g/mol. The van der Waals surface area contributed by atoms with Gasteiger partial charge in [-0.3, -0.25) is 14.4 Å².